The molecule has 3 rings (SSSR count). The van der Waals surface area contributed by atoms with Crippen molar-refractivity contribution in [2.75, 3.05) is 9.74 Å². The fourth-order valence-corrected chi connectivity index (χ4v) is 2.66. The summed E-state index contributed by atoms with van der Waals surface area (Å²) in [5.74, 6) is 1.45. The van der Waals surface area contributed by atoms with Crippen molar-refractivity contribution in [1.82, 2.24) is 15.0 Å². The van der Waals surface area contributed by atoms with Gasteiger partial charge in [-0.15, -0.1) is 0 Å². The van der Waals surface area contributed by atoms with Crippen LogP contribution in [0.5, 0.6) is 0 Å². The largest absolute Gasteiger partial charge is 0.340 e. The Balaban J connectivity index is 1.85. The van der Waals surface area contributed by atoms with Crippen LogP contribution < -0.4 is 5.32 Å². The molecule has 0 fully saturated rings. The Kier molecular flexibility index (Phi) is 5.14. The molecule has 2 heterocycles. The maximum atomic E-state index is 11.7. The fraction of sp³-hybridized carbons (Fsp3) is 0.111. The number of pyridine rings is 1. The van der Waals surface area contributed by atoms with Crippen molar-refractivity contribution in [2.24, 2.45) is 0 Å². The van der Waals surface area contributed by atoms with E-state index in [0.717, 1.165) is 16.9 Å². The van der Waals surface area contributed by atoms with Crippen LogP contribution in [0.15, 0.2) is 54.9 Å². The first-order valence-electron chi connectivity index (χ1n) is 7.38. The van der Waals surface area contributed by atoms with Crippen LogP contribution >= 0.6 is 22.6 Å². The number of anilines is 2. The van der Waals surface area contributed by atoms with Gasteiger partial charge >= 0.3 is 0 Å². The van der Waals surface area contributed by atoms with Crippen LogP contribution in [0.4, 0.5) is 11.5 Å². The summed E-state index contributed by atoms with van der Waals surface area (Å²) in [5, 5.41) is 3.25. The molecule has 0 radical (unpaired) electrons. The molecule has 0 atom stereocenters. The maximum absolute atomic E-state index is 11.7. The van der Waals surface area contributed by atoms with Gasteiger partial charge in [0, 0.05) is 41.0 Å². The van der Waals surface area contributed by atoms with Gasteiger partial charge in [0.2, 0.25) is 0 Å². The van der Waals surface area contributed by atoms with Crippen LogP contribution in [0, 0.1) is 6.92 Å². The lowest BCUT2D eigenvalue weighted by molar-refractivity contribution is 0.102. The summed E-state index contributed by atoms with van der Waals surface area (Å²) in [7, 11) is 0. The lowest BCUT2D eigenvalue weighted by Crippen LogP contribution is -2.01. The molecule has 0 unspecified atom stereocenters. The number of hydrogen-bond acceptors (Lipinski definition) is 5. The number of rotatable bonds is 5. The van der Waals surface area contributed by atoms with Crippen LogP contribution in [0.25, 0.3) is 11.4 Å². The number of hydrogen-bond donors (Lipinski definition) is 1. The lowest BCUT2D eigenvalue weighted by Gasteiger charge is -2.09. The Bertz CT molecular complexity index is 851. The number of aryl methyl sites for hydroxylation is 1. The molecule has 1 N–H and O–H groups in total. The van der Waals surface area contributed by atoms with E-state index in [1.165, 1.54) is 0 Å². The molecule has 24 heavy (non-hydrogen) atoms. The molecule has 1 aromatic carbocycles. The Morgan fingerprint density at radius 2 is 1.96 bits per heavy atom. The van der Waals surface area contributed by atoms with Gasteiger partial charge in [0.05, 0.1) is 4.43 Å². The molecule has 0 aliphatic carbocycles. The van der Waals surface area contributed by atoms with Crippen molar-refractivity contribution in [3.63, 3.8) is 0 Å². The third-order valence-corrected chi connectivity index (χ3v) is 4.07. The second-order valence-electron chi connectivity index (χ2n) is 5.22. The van der Waals surface area contributed by atoms with Gasteiger partial charge in [0.15, 0.2) is 11.6 Å². The van der Waals surface area contributed by atoms with Gasteiger partial charge in [-0.1, -0.05) is 22.6 Å². The van der Waals surface area contributed by atoms with E-state index >= 15 is 0 Å². The average molecular weight is 430 g/mol. The van der Waals surface area contributed by atoms with Gasteiger partial charge in [-0.3, -0.25) is 9.78 Å². The first-order valence-corrected chi connectivity index (χ1v) is 8.90. The minimum absolute atomic E-state index is 0.124. The zero-order valence-electron chi connectivity index (χ0n) is 13.0. The molecule has 0 aliphatic heterocycles. The highest BCUT2D eigenvalue weighted by molar-refractivity contribution is 14.1. The highest BCUT2D eigenvalue weighted by Gasteiger charge is 2.07. The highest BCUT2D eigenvalue weighted by atomic mass is 127. The normalized spacial score (nSPS) is 10.4. The second kappa shape index (κ2) is 7.48. The van der Waals surface area contributed by atoms with Crippen molar-refractivity contribution in [1.29, 1.82) is 0 Å². The summed E-state index contributed by atoms with van der Waals surface area (Å²) in [6.07, 6.45) is 3.46. The number of Topliss-reactive ketones (excluding diaryl/α,β-unsaturated/α-hetero) is 1. The molecular weight excluding hydrogens is 415 g/mol. The summed E-state index contributed by atoms with van der Waals surface area (Å²) in [4.78, 5) is 24.8. The van der Waals surface area contributed by atoms with Crippen molar-refractivity contribution in [2.45, 2.75) is 6.92 Å². The number of carbonyl (C=O) groups is 1. The smallest absolute Gasteiger partial charge is 0.172 e. The number of alkyl halides is 1. The molecule has 6 heteroatoms. The summed E-state index contributed by atoms with van der Waals surface area (Å²) in [6.45, 7) is 1.93. The summed E-state index contributed by atoms with van der Waals surface area (Å²) in [6, 6.07) is 13.1. The number of nitrogens with one attached hydrogen (secondary N) is 1. The Morgan fingerprint density at radius 1 is 1.17 bits per heavy atom. The monoisotopic (exact) mass is 430 g/mol. The van der Waals surface area contributed by atoms with Crippen LogP contribution in [-0.2, 0) is 0 Å². The van der Waals surface area contributed by atoms with Gasteiger partial charge in [-0.05, 0) is 43.3 Å². The minimum atomic E-state index is 0.124. The zero-order chi connectivity index (χ0) is 16.9. The Hall–Kier alpha value is -2.35. The zero-order valence-corrected chi connectivity index (χ0v) is 15.2. The maximum Gasteiger partial charge on any atom is 0.172 e. The first kappa shape index (κ1) is 16.5. The Labute approximate surface area is 153 Å². The number of aromatic nitrogens is 3. The number of benzene rings is 1. The second-order valence-corrected chi connectivity index (χ2v) is 5.98. The van der Waals surface area contributed by atoms with E-state index < -0.39 is 0 Å². The molecule has 0 saturated carbocycles. The minimum Gasteiger partial charge on any atom is -0.340 e. The molecule has 0 saturated heterocycles. The number of nitrogens with zero attached hydrogens (tertiary/aromatic N) is 3. The van der Waals surface area contributed by atoms with E-state index in [9.17, 15) is 4.79 Å². The predicted octanol–water partition coefficient (Wildman–Crippen LogP) is 4.21. The van der Waals surface area contributed by atoms with Crippen LogP contribution in [0.2, 0.25) is 0 Å². The van der Waals surface area contributed by atoms with Crippen molar-refractivity contribution in [3.05, 3.63) is 66.1 Å². The van der Waals surface area contributed by atoms with Crippen LogP contribution in [-0.4, -0.2) is 25.2 Å². The number of ketones is 1. The molecule has 0 aliphatic rings. The van der Waals surface area contributed by atoms with Crippen molar-refractivity contribution < 1.29 is 4.79 Å². The molecule has 0 amide bonds. The van der Waals surface area contributed by atoms with E-state index in [-0.39, 0.29) is 5.78 Å². The summed E-state index contributed by atoms with van der Waals surface area (Å²) < 4.78 is 0.476. The molecule has 0 bridgehead atoms. The Morgan fingerprint density at radius 3 is 2.62 bits per heavy atom. The molecular formula is C18H15IN4O. The van der Waals surface area contributed by atoms with Gasteiger partial charge in [0.1, 0.15) is 5.82 Å². The third-order valence-electron chi connectivity index (χ3n) is 3.37. The van der Waals surface area contributed by atoms with E-state index in [1.807, 2.05) is 49.4 Å². The summed E-state index contributed by atoms with van der Waals surface area (Å²) in [5.41, 5.74) is 3.32. The fourth-order valence-electron chi connectivity index (χ4n) is 2.22. The standard InChI is InChI=1S/C18H15IN4O/c1-12-9-17(23-18(21-12)14-3-2-8-20-11-14)22-15-6-4-13(5-7-15)16(24)10-19/h2-9,11H,10H2,1H3,(H,21,22,23). The molecule has 120 valence electrons. The van der Waals surface area contributed by atoms with E-state index in [0.29, 0.717) is 21.6 Å². The van der Waals surface area contributed by atoms with Gasteiger partial charge < -0.3 is 5.32 Å². The topological polar surface area (TPSA) is 67.8 Å². The van der Waals surface area contributed by atoms with Crippen molar-refractivity contribution in [3.8, 4) is 11.4 Å². The first-order chi connectivity index (χ1) is 11.7. The quantitative estimate of drug-likeness (QED) is 0.373. The number of carbonyl (C=O) groups excluding carboxylic acids is 1. The van der Waals surface area contributed by atoms with E-state index in [2.05, 4.69) is 42.9 Å². The predicted molar refractivity (Wildman–Crippen MR) is 103 cm³/mol. The molecule has 3 aromatic rings. The molecule has 0 spiro atoms. The SMILES string of the molecule is Cc1cc(Nc2ccc(C(=O)CI)cc2)nc(-c2cccnc2)n1. The van der Waals surface area contributed by atoms with E-state index in [4.69, 9.17) is 0 Å². The van der Waals surface area contributed by atoms with Gasteiger partial charge in [-0.2, -0.15) is 0 Å². The molecule has 2 aromatic heterocycles. The van der Waals surface area contributed by atoms with Crippen molar-refractivity contribution >= 4 is 39.9 Å². The summed E-state index contributed by atoms with van der Waals surface area (Å²) >= 11 is 2.07. The average Bonchev–Trinajstić information content (AvgIpc) is 2.62. The van der Waals surface area contributed by atoms with Gasteiger partial charge in [-0.25, -0.2) is 9.97 Å². The highest BCUT2D eigenvalue weighted by Crippen LogP contribution is 2.20. The third kappa shape index (κ3) is 3.94. The lowest BCUT2D eigenvalue weighted by atomic mass is 10.1. The molecule has 5 nitrogen and oxygen atoms in total. The van der Waals surface area contributed by atoms with Gasteiger partial charge in [0.25, 0.3) is 0 Å². The van der Waals surface area contributed by atoms with Crippen LogP contribution in [0.1, 0.15) is 16.1 Å². The van der Waals surface area contributed by atoms with E-state index in [1.54, 1.807) is 12.4 Å². The van der Waals surface area contributed by atoms with Crippen LogP contribution in [0.3, 0.4) is 0 Å². The number of halogens is 1.